The largest absolute Gasteiger partial charge is 0.302 e. The Bertz CT molecular complexity index is 1330. The van der Waals surface area contributed by atoms with Crippen molar-refractivity contribution in [3.05, 3.63) is 95.1 Å². The summed E-state index contributed by atoms with van der Waals surface area (Å²) in [6.45, 7) is 10.3. The highest BCUT2D eigenvalue weighted by molar-refractivity contribution is 6.13. The standard InChI is InChI=1S/C32H34N2O2/c1-20-10-12-23(13-11-20)31-30-27(33-26-8-6-7-9-28(26)34(31)21(2)35)18-24(19-29(30)36)22-14-16-25(17-15-22)32(3,4)5/h6-17,24,30-31H,18-19H2,1-5H3/t24-,30-,31-/m0/s1. The number of anilines is 1. The van der Waals surface area contributed by atoms with Gasteiger partial charge in [0.1, 0.15) is 5.78 Å². The lowest BCUT2D eigenvalue weighted by molar-refractivity contribution is -0.123. The van der Waals surface area contributed by atoms with Crippen LogP contribution < -0.4 is 4.90 Å². The first-order valence-electron chi connectivity index (χ1n) is 12.8. The van der Waals surface area contributed by atoms with Gasteiger partial charge in [-0.2, -0.15) is 0 Å². The summed E-state index contributed by atoms with van der Waals surface area (Å²) in [5.74, 6) is -0.322. The molecule has 36 heavy (non-hydrogen) atoms. The van der Waals surface area contributed by atoms with Crippen LogP contribution in [0.5, 0.6) is 0 Å². The number of benzene rings is 3. The number of amides is 1. The highest BCUT2D eigenvalue weighted by Crippen LogP contribution is 2.47. The molecule has 3 aromatic carbocycles. The summed E-state index contributed by atoms with van der Waals surface area (Å²) in [6.07, 6.45) is 1.15. The first-order chi connectivity index (χ1) is 17.1. The van der Waals surface area contributed by atoms with Gasteiger partial charge in [0, 0.05) is 19.1 Å². The number of rotatable bonds is 2. The number of Topliss-reactive ketones (excluding diaryl/α,β-unsaturated/α-hetero) is 1. The molecule has 1 saturated carbocycles. The Morgan fingerprint density at radius 1 is 0.889 bits per heavy atom. The summed E-state index contributed by atoms with van der Waals surface area (Å²) in [7, 11) is 0. The van der Waals surface area contributed by atoms with Crippen LogP contribution in [0.2, 0.25) is 0 Å². The van der Waals surface area contributed by atoms with Crippen molar-refractivity contribution in [3.8, 4) is 0 Å². The maximum Gasteiger partial charge on any atom is 0.224 e. The fourth-order valence-electron chi connectivity index (χ4n) is 5.66. The van der Waals surface area contributed by atoms with Crippen LogP contribution in [0.15, 0.2) is 77.8 Å². The first-order valence-corrected chi connectivity index (χ1v) is 12.8. The summed E-state index contributed by atoms with van der Waals surface area (Å²) in [5, 5.41) is 0. The number of nitrogens with zero attached hydrogens (tertiary/aromatic N) is 2. The van der Waals surface area contributed by atoms with Gasteiger partial charge < -0.3 is 4.90 Å². The fraction of sp³-hybridized carbons (Fsp3) is 0.344. The highest BCUT2D eigenvalue weighted by Gasteiger charge is 2.45. The zero-order valence-electron chi connectivity index (χ0n) is 21.8. The van der Waals surface area contributed by atoms with E-state index >= 15 is 0 Å². The Morgan fingerprint density at radius 2 is 1.53 bits per heavy atom. The minimum absolute atomic E-state index is 0.0798. The number of carbonyl (C=O) groups excluding carboxylic acids is 2. The number of aliphatic imine (C=N–C) groups is 1. The molecule has 1 aliphatic heterocycles. The molecule has 0 radical (unpaired) electrons. The number of hydrogen-bond acceptors (Lipinski definition) is 3. The zero-order chi connectivity index (χ0) is 25.6. The number of ketones is 1. The van der Waals surface area contributed by atoms with Crippen LogP contribution in [-0.4, -0.2) is 17.4 Å². The molecule has 4 nitrogen and oxygen atoms in total. The van der Waals surface area contributed by atoms with E-state index in [2.05, 4.69) is 45.0 Å². The number of fused-ring (bicyclic) bond motifs is 2. The Hall–Kier alpha value is -3.53. The lowest BCUT2D eigenvalue weighted by atomic mass is 9.71. The molecule has 0 N–H and O–H groups in total. The van der Waals surface area contributed by atoms with Crippen molar-refractivity contribution in [3.63, 3.8) is 0 Å². The second kappa shape index (κ2) is 9.16. The summed E-state index contributed by atoms with van der Waals surface area (Å²) in [4.78, 5) is 33.9. The van der Waals surface area contributed by atoms with Crippen molar-refractivity contribution < 1.29 is 9.59 Å². The molecule has 5 rings (SSSR count). The molecule has 1 heterocycles. The van der Waals surface area contributed by atoms with Crippen molar-refractivity contribution in [1.82, 2.24) is 0 Å². The fourth-order valence-corrected chi connectivity index (χ4v) is 5.66. The van der Waals surface area contributed by atoms with E-state index in [1.807, 2.05) is 55.5 Å². The van der Waals surface area contributed by atoms with E-state index in [1.165, 1.54) is 11.1 Å². The molecule has 0 saturated heterocycles. The van der Waals surface area contributed by atoms with Crippen LogP contribution in [0.1, 0.15) is 74.8 Å². The second-order valence-electron chi connectivity index (χ2n) is 11.3. The Labute approximate surface area is 214 Å². The average molecular weight is 479 g/mol. The van der Waals surface area contributed by atoms with Gasteiger partial charge in [0.05, 0.1) is 23.3 Å². The third kappa shape index (κ3) is 4.41. The van der Waals surface area contributed by atoms with Crippen molar-refractivity contribution in [2.45, 2.75) is 64.8 Å². The van der Waals surface area contributed by atoms with Gasteiger partial charge >= 0.3 is 0 Å². The van der Waals surface area contributed by atoms with Gasteiger partial charge in [0.25, 0.3) is 0 Å². The highest BCUT2D eigenvalue weighted by atomic mass is 16.2. The predicted molar refractivity (Wildman–Crippen MR) is 146 cm³/mol. The number of para-hydroxylation sites is 2. The van der Waals surface area contributed by atoms with Gasteiger partial charge in [0.2, 0.25) is 5.91 Å². The third-order valence-electron chi connectivity index (χ3n) is 7.61. The SMILES string of the molecule is CC(=O)N1c2ccccc2N=C2C[C@H](c3ccc(C(C)(C)C)cc3)CC(=O)[C@H]2[C@@H]1c1ccc(C)cc1. The smallest absolute Gasteiger partial charge is 0.224 e. The van der Waals surface area contributed by atoms with Gasteiger partial charge in [-0.25, -0.2) is 0 Å². The van der Waals surface area contributed by atoms with Gasteiger partial charge in [-0.05, 0) is 53.5 Å². The lowest BCUT2D eigenvalue weighted by Crippen LogP contribution is -2.45. The monoisotopic (exact) mass is 478 g/mol. The number of carbonyl (C=O) groups is 2. The summed E-state index contributed by atoms with van der Waals surface area (Å²) >= 11 is 0. The first kappa shape index (κ1) is 24.2. The molecule has 2 aliphatic rings. The molecule has 0 aromatic heterocycles. The van der Waals surface area contributed by atoms with Crippen LogP contribution in [0.25, 0.3) is 0 Å². The Balaban J connectivity index is 1.61. The van der Waals surface area contributed by atoms with E-state index in [1.54, 1.807) is 11.8 Å². The van der Waals surface area contributed by atoms with Crippen molar-refractivity contribution in [2.24, 2.45) is 10.9 Å². The van der Waals surface area contributed by atoms with E-state index in [0.29, 0.717) is 12.8 Å². The van der Waals surface area contributed by atoms with E-state index < -0.39 is 12.0 Å². The van der Waals surface area contributed by atoms with E-state index in [0.717, 1.165) is 28.2 Å². The quantitative estimate of drug-likeness (QED) is 0.390. The topological polar surface area (TPSA) is 49.7 Å². The second-order valence-corrected chi connectivity index (χ2v) is 11.3. The maximum absolute atomic E-state index is 13.9. The normalized spacial score (nSPS) is 21.8. The molecule has 1 fully saturated rings. The predicted octanol–water partition coefficient (Wildman–Crippen LogP) is 7.24. The van der Waals surface area contributed by atoms with Crippen molar-refractivity contribution >= 4 is 28.8 Å². The minimum atomic E-state index is -0.464. The van der Waals surface area contributed by atoms with Crippen molar-refractivity contribution in [1.29, 1.82) is 0 Å². The summed E-state index contributed by atoms with van der Waals surface area (Å²) < 4.78 is 0. The summed E-state index contributed by atoms with van der Waals surface area (Å²) in [6, 6.07) is 24.2. The molecule has 184 valence electrons. The average Bonchev–Trinajstić information content (AvgIpc) is 2.99. The van der Waals surface area contributed by atoms with Gasteiger partial charge in [-0.3, -0.25) is 14.6 Å². The van der Waals surface area contributed by atoms with E-state index in [9.17, 15) is 9.59 Å². The molecular weight excluding hydrogens is 444 g/mol. The van der Waals surface area contributed by atoms with Crippen LogP contribution in [0.4, 0.5) is 11.4 Å². The number of aryl methyl sites for hydroxylation is 1. The molecule has 4 heteroatoms. The van der Waals surface area contributed by atoms with E-state index in [-0.39, 0.29) is 23.0 Å². The molecule has 0 unspecified atom stereocenters. The van der Waals surface area contributed by atoms with Crippen LogP contribution >= 0.6 is 0 Å². The van der Waals surface area contributed by atoms with E-state index in [4.69, 9.17) is 4.99 Å². The maximum atomic E-state index is 13.9. The van der Waals surface area contributed by atoms with Gasteiger partial charge in [-0.15, -0.1) is 0 Å². The van der Waals surface area contributed by atoms with Crippen LogP contribution in [0, 0.1) is 12.8 Å². The molecule has 3 atom stereocenters. The zero-order valence-corrected chi connectivity index (χ0v) is 21.8. The number of hydrogen-bond donors (Lipinski definition) is 0. The molecule has 3 aromatic rings. The summed E-state index contributed by atoms with van der Waals surface area (Å²) in [5.41, 5.74) is 7.02. The molecular formula is C32H34N2O2. The van der Waals surface area contributed by atoms with Gasteiger partial charge in [0.15, 0.2) is 0 Å². The van der Waals surface area contributed by atoms with Crippen LogP contribution in [0.3, 0.4) is 0 Å². The third-order valence-corrected chi connectivity index (χ3v) is 7.61. The molecule has 1 amide bonds. The molecule has 0 spiro atoms. The Kier molecular flexibility index (Phi) is 6.15. The molecule has 0 bridgehead atoms. The Morgan fingerprint density at radius 3 is 2.17 bits per heavy atom. The minimum Gasteiger partial charge on any atom is -0.302 e. The molecule has 1 aliphatic carbocycles. The van der Waals surface area contributed by atoms with Gasteiger partial charge in [-0.1, -0.05) is 87.0 Å². The van der Waals surface area contributed by atoms with Crippen LogP contribution in [-0.2, 0) is 15.0 Å². The lowest BCUT2D eigenvalue weighted by Gasteiger charge is -2.38. The van der Waals surface area contributed by atoms with Crippen molar-refractivity contribution in [2.75, 3.05) is 4.90 Å².